The van der Waals surface area contributed by atoms with Gasteiger partial charge in [-0.3, -0.25) is 4.79 Å². The number of amides is 1. The Morgan fingerprint density at radius 3 is 3.00 bits per heavy atom. The van der Waals surface area contributed by atoms with E-state index in [9.17, 15) is 4.79 Å². The monoisotopic (exact) mass is 264 g/mol. The molecule has 1 aromatic carbocycles. The summed E-state index contributed by atoms with van der Waals surface area (Å²) < 4.78 is 0. The van der Waals surface area contributed by atoms with E-state index in [-0.39, 0.29) is 5.91 Å². The quantitative estimate of drug-likeness (QED) is 0.740. The summed E-state index contributed by atoms with van der Waals surface area (Å²) in [5.74, 6) is -0.197. The molecular weight excluding hydrogens is 244 g/mol. The van der Waals surface area contributed by atoms with Gasteiger partial charge in [0.15, 0.2) is 0 Å². The van der Waals surface area contributed by atoms with Crippen molar-refractivity contribution in [2.45, 2.75) is 35.8 Å². The molecule has 3 N–H and O–H groups in total. The van der Waals surface area contributed by atoms with E-state index < -0.39 is 0 Å². The number of unbranched alkanes of at least 4 members (excludes halogenated alkanes) is 1. The number of fused-ring (bicyclic) bond motifs is 1. The number of benzene rings is 1. The minimum Gasteiger partial charge on any atom is -0.370 e. The Labute approximate surface area is 113 Å². The van der Waals surface area contributed by atoms with Crippen LogP contribution in [0.1, 0.15) is 24.8 Å². The molecule has 0 bridgehead atoms. The topological polar surface area (TPSA) is 55.1 Å². The van der Waals surface area contributed by atoms with Crippen LogP contribution >= 0.6 is 11.8 Å². The van der Waals surface area contributed by atoms with E-state index in [0.29, 0.717) is 11.7 Å². The van der Waals surface area contributed by atoms with Crippen LogP contribution in [-0.2, 0) is 11.2 Å². The molecule has 1 atom stereocenters. The van der Waals surface area contributed by atoms with Crippen molar-refractivity contribution in [3.05, 3.63) is 29.8 Å². The highest BCUT2D eigenvalue weighted by Gasteiger charge is 2.20. The first kappa shape index (κ1) is 13.4. The minimum atomic E-state index is -0.197. The van der Waals surface area contributed by atoms with Crippen LogP contribution in [0.3, 0.4) is 0 Å². The number of nitrogens with one attached hydrogen (secondary N) is 1. The zero-order valence-electron chi connectivity index (χ0n) is 10.5. The van der Waals surface area contributed by atoms with Crippen molar-refractivity contribution in [2.75, 3.05) is 13.1 Å². The van der Waals surface area contributed by atoms with E-state index in [4.69, 9.17) is 5.73 Å². The summed E-state index contributed by atoms with van der Waals surface area (Å²) in [7, 11) is 0. The summed E-state index contributed by atoms with van der Waals surface area (Å²) in [5, 5.41) is 4.11. The number of carbonyl (C=O) groups is 1. The van der Waals surface area contributed by atoms with Gasteiger partial charge in [0.1, 0.15) is 0 Å². The molecule has 3 nitrogen and oxygen atoms in total. The van der Waals surface area contributed by atoms with Gasteiger partial charge in [-0.25, -0.2) is 0 Å². The molecule has 0 aliphatic carbocycles. The first-order chi connectivity index (χ1) is 8.75. The average molecular weight is 264 g/mol. The number of carbonyl (C=O) groups excluding carboxylic acids is 1. The smallest absolute Gasteiger partial charge is 0.217 e. The van der Waals surface area contributed by atoms with Crippen LogP contribution in [0.2, 0.25) is 0 Å². The lowest BCUT2D eigenvalue weighted by Crippen LogP contribution is -2.25. The number of hydrogen-bond donors (Lipinski definition) is 2. The third kappa shape index (κ3) is 4.03. The highest BCUT2D eigenvalue weighted by Crippen LogP contribution is 2.36. The molecule has 4 heteroatoms. The fourth-order valence-corrected chi connectivity index (χ4v) is 3.46. The maximum absolute atomic E-state index is 10.6. The van der Waals surface area contributed by atoms with Gasteiger partial charge in [0.05, 0.1) is 0 Å². The normalized spacial score (nSPS) is 17.7. The Kier molecular flexibility index (Phi) is 5.08. The molecule has 1 heterocycles. The van der Waals surface area contributed by atoms with Crippen molar-refractivity contribution in [3.63, 3.8) is 0 Å². The van der Waals surface area contributed by atoms with E-state index in [1.807, 2.05) is 11.8 Å². The maximum atomic E-state index is 10.6. The summed E-state index contributed by atoms with van der Waals surface area (Å²) in [6, 6.07) is 8.63. The Balaban J connectivity index is 1.58. The lowest BCUT2D eigenvalue weighted by Gasteiger charge is -2.09. The van der Waals surface area contributed by atoms with E-state index >= 15 is 0 Å². The number of thioether (sulfide) groups is 1. The standard InChI is InChI=1S/C14H20N2OS/c15-14(17)7-3-4-8-16-10-12-9-11-5-1-2-6-13(11)18-12/h1-2,5-6,12,16H,3-4,7-10H2,(H2,15,17). The molecule has 1 aliphatic heterocycles. The number of nitrogens with two attached hydrogens (primary N) is 1. The van der Waals surface area contributed by atoms with Gasteiger partial charge in [-0.1, -0.05) is 18.2 Å². The van der Waals surface area contributed by atoms with Gasteiger partial charge >= 0.3 is 0 Å². The first-order valence-electron chi connectivity index (χ1n) is 6.49. The molecule has 1 amide bonds. The summed E-state index contributed by atoms with van der Waals surface area (Å²) in [4.78, 5) is 12.0. The second kappa shape index (κ2) is 6.81. The Hall–Kier alpha value is -1.00. The lowest BCUT2D eigenvalue weighted by molar-refractivity contribution is -0.118. The van der Waals surface area contributed by atoms with Crippen LogP contribution < -0.4 is 11.1 Å². The average Bonchev–Trinajstić information content (AvgIpc) is 2.75. The number of rotatable bonds is 7. The van der Waals surface area contributed by atoms with Gasteiger partial charge in [0.25, 0.3) is 0 Å². The molecule has 0 aromatic heterocycles. The lowest BCUT2D eigenvalue weighted by atomic mass is 10.1. The van der Waals surface area contributed by atoms with Gasteiger partial charge in [0, 0.05) is 23.1 Å². The molecule has 0 fully saturated rings. The highest BCUT2D eigenvalue weighted by atomic mass is 32.2. The molecular formula is C14H20N2OS. The van der Waals surface area contributed by atoms with Gasteiger partial charge in [-0.2, -0.15) is 0 Å². The SMILES string of the molecule is NC(=O)CCCCNCC1Cc2ccccc2S1. The summed E-state index contributed by atoms with van der Waals surface area (Å²) in [6.07, 6.45) is 3.58. The summed E-state index contributed by atoms with van der Waals surface area (Å²) in [6.45, 7) is 2.01. The van der Waals surface area contributed by atoms with Gasteiger partial charge in [-0.15, -0.1) is 11.8 Å². The molecule has 1 aliphatic rings. The van der Waals surface area contributed by atoms with Gasteiger partial charge < -0.3 is 11.1 Å². The fourth-order valence-electron chi connectivity index (χ4n) is 2.18. The van der Waals surface area contributed by atoms with Crippen LogP contribution in [0.4, 0.5) is 0 Å². The Bertz CT molecular complexity index is 384. The molecule has 98 valence electrons. The molecule has 0 saturated heterocycles. The molecule has 0 spiro atoms. The summed E-state index contributed by atoms with van der Waals surface area (Å²) in [5.41, 5.74) is 6.57. The highest BCUT2D eigenvalue weighted by molar-refractivity contribution is 8.00. The minimum absolute atomic E-state index is 0.197. The van der Waals surface area contributed by atoms with E-state index in [2.05, 4.69) is 29.6 Å². The van der Waals surface area contributed by atoms with Crippen LogP contribution in [0, 0.1) is 0 Å². The first-order valence-corrected chi connectivity index (χ1v) is 7.37. The molecule has 1 unspecified atom stereocenters. The molecule has 1 aromatic rings. The Morgan fingerprint density at radius 1 is 1.39 bits per heavy atom. The zero-order chi connectivity index (χ0) is 12.8. The summed E-state index contributed by atoms with van der Waals surface area (Å²) >= 11 is 1.97. The second-order valence-electron chi connectivity index (χ2n) is 4.68. The van der Waals surface area contributed by atoms with Crippen molar-refractivity contribution in [1.82, 2.24) is 5.32 Å². The molecule has 18 heavy (non-hydrogen) atoms. The van der Waals surface area contributed by atoms with Crippen molar-refractivity contribution < 1.29 is 4.79 Å². The fraction of sp³-hybridized carbons (Fsp3) is 0.500. The maximum Gasteiger partial charge on any atom is 0.217 e. The third-order valence-corrected chi connectivity index (χ3v) is 4.43. The van der Waals surface area contributed by atoms with Crippen LogP contribution in [0.5, 0.6) is 0 Å². The van der Waals surface area contributed by atoms with Gasteiger partial charge in [0.2, 0.25) is 5.91 Å². The third-order valence-electron chi connectivity index (χ3n) is 3.11. The van der Waals surface area contributed by atoms with Crippen molar-refractivity contribution in [2.24, 2.45) is 5.73 Å². The van der Waals surface area contributed by atoms with E-state index in [1.165, 1.54) is 10.5 Å². The van der Waals surface area contributed by atoms with E-state index in [1.54, 1.807) is 0 Å². The Morgan fingerprint density at radius 2 is 2.22 bits per heavy atom. The van der Waals surface area contributed by atoms with Crippen LogP contribution in [-0.4, -0.2) is 24.2 Å². The predicted molar refractivity (Wildman–Crippen MR) is 75.7 cm³/mol. The number of primary amides is 1. The molecule has 0 radical (unpaired) electrons. The largest absolute Gasteiger partial charge is 0.370 e. The van der Waals surface area contributed by atoms with Crippen molar-refractivity contribution >= 4 is 17.7 Å². The predicted octanol–water partition coefficient (Wildman–Crippen LogP) is 1.95. The van der Waals surface area contributed by atoms with Crippen molar-refractivity contribution in [3.8, 4) is 0 Å². The second-order valence-corrected chi connectivity index (χ2v) is 6.02. The molecule has 2 rings (SSSR count). The van der Waals surface area contributed by atoms with Crippen LogP contribution in [0.25, 0.3) is 0 Å². The van der Waals surface area contributed by atoms with Gasteiger partial charge in [-0.05, 0) is 37.4 Å². The molecule has 0 saturated carbocycles. The van der Waals surface area contributed by atoms with Crippen molar-refractivity contribution in [1.29, 1.82) is 0 Å². The van der Waals surface area contributed by atoms with Crippen LogP contribution in [0.15, 0.2) is 29.2 Å². The number of hydrogen-bond acceptors (Lipinski definition) is 3. The zero-order valence-corrected chi connectivity index (χ0v) is 11.3. The van der Waals surface area contributed by atoms with E-state index in [0.717, 1.165) is 32.4 Å².